The van der Waals surface area contributed by atoms with E-state index >= 15 is 0 Å². The van der Waals surface area contributed by atoms with Gasteiger partial charge in [0.1, 0.15) is 6.26 Å². The third-order valence-electron chi connectivity index (χ3n) is 3.50. The zero-order valence-corrected chi connectivity index (χ0v) is 12.3. The minimum Gasteiger partial charge on any atom is -0.472 e. The second-order valence-corrected chi connectivity index (χ2v) is 5.06. The van der Waals surface area contributed by atoms with Crippen LogP contribution in [0.25, 0.3) is 0 Å². The summed E-state index contributed by atoms with van der Waals surface area (Å²) in [5.74, 6) is -0.420. The van der Waals surface area contributed by atoms with Gasteiger partial charge in [-0.15, -0.1) is 0 Å². The molecular formula is C16H16F3NO3. The van der Waals surface area contributed by atoms with E-state index in [9.17, 15) is 23.1 Å². The van der Waals surface area contributed by atoms with Gasteiger partial charge in [-0.05, 0) is 30.2 Å². The van der Waals surface area contributed by atoms with Gasteiger partial charge in [0.25, 0.3) is 5.91 Å². The maximum atomic E-state index is 12.5. The molecule has 0 saturated heterocycles. The van der Waals surface area contributed by atoms with E-state index in [1.54, 1.807) is 6.92 Å². The number of carbonyl (C=O) groups is 1. The van der Waals surface area contributed by atoms with Crippen LogP contribution < -0.4 is 5.32 Å². The topological polar surface area (TPSA) is 62.5 Å². The van der Waals surface area contributed by atoms with Gasteiger partial charge in [-0.2, -0.15) is 13.2 Å². The molecule has 1 amide bonds. The van der Waals surface area contributed by atoms with Crippen molar-refractivity contribution in [2.45, 2.75) is 31.7 Å². The number of amides is 1. The Kier molecular flexibility index (Phi) is 5.10. The Morgan fingerprint density at radius 1 is 1.26 bits per heavy atom. The van der Waals surface area contributed by atoms with E-state index in [-0.39, 0.29) is 0 Å². The zero-order valence-electron chi connectivity index (χ0n) is 12.3. The first kappa shape index (κ1) is 17.1. The van der Waals surface area contributed by atoms with E-state index < -0.39 is 29.8 Å². The Balaban J connectivity index is 2.10. The van der Waals surface area contributed by atoms with Gasteiger partial charge in [-0.25, -0.2) is 0 Å². The number of carbonyl (C=O) groups excluding carboxylic acids is 1. The van der Waals surface area contributed by atoms with E-state index in [1.807, 2.05) is 0 Å². The molecule has 0 unspecified atom stereocenters. The lowest BCUT2D eigenvalue weighted by atomic mass is 9.98. The first-order valence-electron chi connectivity index (χ1n) is 7.01. The summed E-state index contributed by atoms with van der Waals surface area (Å²) in [5, 5.41) is 12.9. The van der Waals surface area contributed by atoms with Crippen molar-refractivity contribution in [2.75, 3.05) is 0 Å². The minimum absolute atomic E-state index is 0.303. The predicted molar refractivity (Wildman–Crippen MR) is 76.7 cm³/mol. The second kappa shape index (κ2) is 6.87. The van der Waals surface area contributed by atoms with Gasteiger partial charge < -0.3 is 14.8 Å². The molecule has 1 aromatic carbocycles. The average Bonchev–Trinajstić information content (AvgIpc) is 3.05. The number of halogens is 3. The smallest absolute Gasteiger partial charge is 0.416 e. The van der Waals surface area contributed by atoms with Gasteiger partial charge in [0.2, 0.25) is 0 Å². The quantitative estimate of drug-likeness (QED) is 0.883. The van der Waals surface area contributed by atoms with Crippen LogP contribution in [0, 0.1) is 0 Å². The van der Waals surface area contributed by atoms with Crippen molar-refractivity contribution in [1.29, 1.82) is 0 Å². The highest BCUT2D eigenvalue weighted by Crippen LogP contribution is 2.30. The fourth-order valence-electron chi connectivity index (χ4n) is 2.15. The highest BCUT2D eigenvalue weighted by atomic mass is 19.4. The van der Waals surface area contributed by atoms with Gasteiger partial charge >= 0.3 is 6.18 Å². The van der Waals surface area contributed by atoms with Crippen molar-refractivity contribution >= 4 is 5.91 Å². The van der Waals surface area contributed by atoms with Crippen molar-refractivity contribution in [3.8, 4) is 0 Å². The average molecular weight is 327 g/mol. The number of aliphatic hydroxyl groups is 1. The molecule has 2 atom stereocenters. The number of rotatable bonds is 5. The fourth-order valence-corrected chi connectivity index (χ4v) is 2.15. The molecule has 0 aliphatic rings. The third-order valence-corrected chi connectivity index (χ3v) is 3.50. The molecule has 0 bridgehead atoms. The monoisotopic (exact) mass is 327 g/mol. The summed E-state index contributed by atoms with van der Waals surface area (Å²) in [6.45, 7) is 1.76. The molecule has 0 saturated carbocycles. The summed E-state index contributed by atoms with van der Waals surface area (Å²) in [5.41, 5.74) is -0.177. The minimum atomic E-state index is -4.43. The third kappa shape index (κ3) is 4.13. The molecule has 0 fully saturated rings. The van der Waals surface area contributed by atoms with Gasteiger partial charge in [0.05, 0.1) is 29.5 Å². The van der Waals surface area contributed by atoms with Crippen molar-refractivity contribution in [3.63, 3.8) is 0 Å². The molecular weight excluding hydrogens is 311 g/mol. The van der Waals surface area contributed by atoms with Crippen LogP contribution in [0.2, 0.25) is 0 Å². The van der Waals surface area contributed by atoms with Crippen LogP contribution in [-0.2, 0) is 6.18 Å². The molecule has 2 rings (SSSR count). The Labute approximate surface area is 130 Å². The Morgan fingerprint density at radius 3 is 2.39 bits per heavy atom. The number of nitrogens with one attached hydrogen (secondary N) is 1. The number of furan rings is 1. The highest BCUT2D eigenvalue weighted by molar-refractivity contribution is 5.94. The second-order valence-electron chi connectivity index (χ2n) is 5.06. The van der Waals surface area contributed by atoms with Crippen LogP contribution in [0.4, 0.5) is 13.2 Å². The molecule has 0 aliphatic carbocycles. The van der Waals surface area contributed by atoms with Gasteiger partial charge in [-0.3, -0.25) is 4.79 Å². The number of hydrogen-bond acceptors (Lipinski definition) is 3. The summed E-state index contributed by atoms with van der Waals surface area (Å²) in [7, 11) is 0. The molecule has 0 radical (unpaired) electrons. The lowest BCUT2D eigenvalue weighted by Crippen LogP contribution is -2.38. The molecule has 1 heterocycles. The lowest BCUT2D eigenvalue weighted by molar-refractivity contribution is -0.137. The van der Waals surface area contributed by atoms with Crippen LogP contribution >= 0.6 is 0 Å². The van der Waals surface area contributed by atoms with Crippen LogP contribution in [0.5, 0.6) is 0 Å². The van der Waals surface area contributed by atoms with Crippen molar-refractivity contribution in [3.05, 3.63) is 59.5 Å². The summed E-state index contributed by atoms with van der Waals surface area (Å²) in [6.07, 6.45) is -2.51. The van der Waals surface area contributed by atoms with Crippen molar-refractivity contribution in [2.24, 2.45) is 0 Å². The van der Waals surface area contributed by atoms with E-state index in [2.05, 4.69) is 5.32 Å². The first-order chi connectivity index (χ1) is 10.8. The van der Waals surface area contributed by atoms with Gasteiger partial charge in [0.15, 0.2) is 0 Å². The highest BCUT2D eigenvalue weighted by Gasteiger charge is 2.30. The summed E-state index contributed by atoms with van der Waals surface area (Å²) in [6, 6.07) is 5.08. The Bertz CT molecular complexity index is 636. The molecule has 0 aliphatic heterocycles. The van der Waals surface area contributed by atoms with Gasteiger partial charge in [-0.1, -0.05) is 19.1 Å². The van der Waals surface area contributed by atoms with Crippen LogP contribution in [0.3, 0.4) is 0 Å². The lowest BCUT2D eigenvalue weighted by Gasteiger charge is -2.23. The van der Waals surface area contributed by atoms with Crippen LogP contribution in [-0.4, -0.2) is 17.1 Å². The Morgan fingerprint density at radius 2 is 1.91 bits per heavy atom. The summed E-state index contributed by atoms with van der Waals surface area (Å²) in [4.78, 5) is 12.0. The maximum absolute atomic E-state index is 12.5. The molecule has 124 valence electrons. The molecule has 23 heavy (non-hydrogen) atoms. The standard InChI is InChI=1S/C16H16F3NO3/c1-2-13(20-15(22)11-7-8-23-9-11)14(21)10-3-5-12(6-4-10)16(17,18)19/h3-9,13-14,21H,2H2,1H3,(H,20,22)/t13-,14+/m0/s1. The van der Waals surface area contributed by atoms with Crippen molar-refractivity contribution in [1.82, 2.24) is 5.32 Å². The van der Waals surface area contributed by atoms with E-state index in [0.29, 0.717) is 17.5 Å². The van der Waals surface area contributed by atoms with Gasteiger partial charge in [0, 0.05) is 0 Å². The summed E-state index contributed by atoms with van der Waals surface area (Å²) >= 11 is 0. The van der Waals surface area contributed by atoms with Crippen LogP contribution in [0.15, 0.2) is 47.3 Å². The molecule has 4 nitrogen and oxygen atoms in total. The van der Waals surface area contributed by atoms with E-state index in [4.69, 9.17) is 4.42 Å². The fraction of sp³-hybridized carbons (Fsp3) is 0.312. The predicted octanol–water partition coefficient (Wildman–Crippen LogP) is 3.54. The zero-order chi connectivity index (χ0) is 17.0. The molecule has 0 spiro atoms. The number of benzene rings is 1. The largest absolute Gasteiger partial charge is 0.472 e. The number of alkyl halides is 3. The molecule has 2 N–H and O–H groups in total. The normalized spacial score (nSPS) is 14.3. The van der Waals surface area contributed by atoms with Crippen LogP contribution in [0.1, 0.15) is 40.9 Å². The number of aliphatic hydroxyl groups excluding tert-OH is 1. The van der Waals surface area contributed by atoms with E-state index in [1.165, 1.54) is 30.7 Å². The maximum Gasteiger partial charge on any atom is 0.416 e. The van der Waals surface area contributed by atoms with Crippen molar-refractivity contribution < 1.29 is 27.5 Å². The SMILES string of the molecule is CC[C@H](NC(=O)c1ccoc1)[C@H](O)c1ccc(C(F)(F)F)cc1. The van der Waals surface area contributed by atoms with E-state index in [0.717, 1.165) is 12.1 Å². The molecule has 7 heteroatoms. The summed E-state index contributed by atoms with van der Waals surface area (Å²) < 4.78 is 42.4. The first-order valence-corrected chi connectivity index (χ1v) is 7.01. The number of hydrogen-bond donors (Lipinski definition) is 2. The molecule has 2 aromatic rings. The Hall–Kier alpha value is -2.28. The molecule has 1 aromatic heterocycles.